The van der Waals surface area contributed by atoms with E-state index in [0.717, 1.165) is 25.7 Å². The predicted octanol–water partition coefficient (Wildman–Crippen LogP) is 4.11. The van der Waals surface area contributed by atoms with E-state index in [1.54, 1.807) is 0 Å². The van der Waals surface area contributed by atoms with Gasteiger partial charge < -0.3 is 9.47 Å². The predicted molar refractivity (Wildman–Crippen MR) is 88.8 cm³/mol. The second-order valence-corrected chi connectivity index (χ2v) is 8.68. The number of esters is 2. The summed E-state index contributed by atoms with van der Waals surface area (Å²) in [5.41, 5.74) is -0.323. The molecule has 0 saturated heterocycles. The van der Waals surface area contributed by atoms with Crippen molar-refractivity contribution >= 4 is 11.9 Å². The Morgan fingerprint density at radius 3 is 2.30 bits per heavy atom. The molecular formula is C19H32O4. The van der Waals surface area contributed by atoms with Crippen LogP contribution in [0.1, 0.15) is 73.1 Å². The molecule has 0 N–H and O–H groups in total. The van der Waals surface area contributed by atoms with E-state index in [0.29, 0.717) is 12.3 Å². The monoisotopic (exact) mass is 324 g/mol. The molecule has 0 radical (unpaired) electrons. The molecule has 0 aromatic heterocycles. The van der Waals surface area contributed by atoms with Crippen molar-refractivity contribution in [2.45, 2.75) is 78.7 Å². The Morgan fingerprint density at radius 1 is 1.09 bits per heavy atom. The van der Waals surface area contributed by atoms with Crippen LogP contribution in [0, 0.1) is 22.7 Å². The summed E-state index contributed by atoms with van der Waals surface area (Å²) < 4.78 is 10.7. The van der Waals surface area contributed by atoms with Crippen LogP contribution in [0.3, 0.4) is 0 Å². The number of hydrogen-bond acceptors (Lipinski definition) is 4. The topological polar surface area (TPSA) is 52.6 Å². The maximum Gasteiger partial charge on any atom is 0.305 e. The smallest absolute Gasteiger partial charge is 0.305 e. The summed E-state index contributed by atoms with van der Waals surface area (Å²) in [6.07, 6.45) is 5.65. The van der Waals surface area contributed by atoms with Crippen molar-refractivity contribution in [3.8, 4) is 0 Å². The van der Waals surface area contributed by atoms with E-state index in [2.05, 4.69) is 20.8 Å². The third-order valence-electron chi connectivity index (χ3n) is 6.71. The first-order valence-corrected chi connectivity index (χ1v) is 8.81. The Hall–Kier alpha value is -1.06. The average Bonchev–Trinajstić information content (AvgIpc) is 2.41. The number of carbonyl (C=O) groups is 2. The summed E-state index contributed by atoms with van der Waals surface area (Å²) in [5, 5.41) is 0. The first kappa shape index (κ1) is 18.3. The van der Waals surface area contributed by atoms with E-state index >= 15 is 0 Å². The molecule has 0 heterocycles. The van der Waals surface area contributed by atoms with Crippen molar-refractivity contribution < 1.29 is 19.1 Å². The maximum atomic E-state index is 12.1. The van der Waals surface area contributed by atoms with E-state index in [1.165, 1.54) is 20.5 Å². The first-order valence-electron chi connectivity index (χ1n) is 8.81. The zero-order valence-corrected chi connectivity index (χ0v) is 15.5. The van der Waals surface area contributed by atoms with Crippen molar-refractivity contribution in [1.82, 2.24) is 0 Å². The molecule has 4 atom stereocenters. The van der Waals surface area contributed by atoms with Gasteiger partial charge in [-0.25, -0.2) is 0 Å². The average molecular weight is 324 g/mol. The zero-order chi connectivity index (χ0) is 17.5. The minimum absolute atomic E-state index is 0.00160. The molecule has 4 nitrogen and oxygen atoms in total. The van der Waals surface area contributed by atoms with Crippen LogP contribution in [0.2, 0.25) is 0 Å². The minimum Gasteiger partial charge on any atom is -0.469 e. The van der Waals surface area contributed by atoms with E-state index in [9.17, 15) is 9.59 Å². The molecular weight excluding hydrogens is 292 g/mol. The van der Waals surface area contributed by atoms with Crippen molar-refractivity contribution in [1.29, 1.82) is 0 Å². The van der Waals surface area contributed by atoms with Gasteiger partial charge in [0, 0.05) is 12.8 Å². The fourth-order valence-corrected chi connectivity index (χ4v) is 5.76. The second kappa shape index (κ2) is 6.10. The molecule has 2 rings (SSSR count). The lowest BCUT2D eigenvalue weighted by Gasteiger charge is -2.61. The number of rotatable bonds is 3. The number of methoxy groups -OCH3 is 1. The first-order chi connectivity index (χ1) is 10.5. The molecule has 0 bridgehead atoms. The van der Waals surface area contributed by atoms with Crippen LogP contribution in [-0.4, -0.2) is 24.6 Å². The molecule has 2 fully saturated rings. The number of carbonyl (C=O) groups excluding carboxylic acids is 2. The van der Waals surface area contributed by atoms with Gasteiger partial charge in [-0.15, -0.1) is 0 Å². The van der Waals surface area contributed by atoms with Crippen LogP contribution in [0.25, 0.3) is 0 Å². The van der Waals surface area contributed by atoms with Gasteiger partial charge in [0.05, 0.1) is 13.5 Å². The van der Waals surface area contributed by atoms with Crippen LogP contribution in [-0.2, 0) is 19.1 Å². The Labute approximate surface area is 140 Å². The third kappa shape index (κ3) is 3.27. The highest BCUT2D eigenvalue weighted by Crippen LogP contribution is 2.63. The highest BCUT2D eigenvalue weighted by molar-refractivity contribution is 5.70. The highest BCUT2D eigenvalue weighted by Gasteiger charge is 2.60. The van der Waals surface area contributed by atoms with Gasteiger partial charge in [0.25, 0.3) is 0 Å². The third-order valence-corrected chi connectivity index (χ3v) is 6.71. The Morgan fingerprint density at radius 2 is 1.74 bits per heavy atom. The van der Waals surface area contributed by atoms with Gasteiger partial charge in [0.1, 0.15) is 5.60 Å². The Kier molecular flexibility index (Phi) is 4.85. The molecule has 23 heavy (non-hydrogen) atoms. The molecule has 0 aromatic carbocycles. The maximum absolute atomic E-state index is 12.1. The molecule has 0 aliphatic heterocycles. The normalized spacial score (nSPS) is 39.2. The lowest BCUT2D eigenvalue weighted by Crippen LogP contribution is -2.59. The molecule has 4 heteroatoms. The van der Waals surface area contributed by atoms with E-state index in [-0.39, 0.29) is 28.7 Å². The van der Waals surface area contributed by atoms with Crippen LogP contribution < -0.4 is 0 Å². The molecule has 0 amide bonds. The summed E-state index contributed by atoms with van der Waals surface area (Å²) >= 11 is 0. The van der Waals surface area contributed by atoms with Gasteiger partial charge in [-0.05, 0) is 49.4 Å². The van der Waals surface area contributed by atoms with Crippen molar-refractivity contribution in [3.63, 3.8) is 0 Å². The Balaban J connectivity index is 2.42. The highest BCUT2D eigenvalue weighted by atomic mass is 16.6. The summed E-state index contributed by atoms with van der Waals surface area (Å²) in [6.45, 7) is 10.5. The van der Waals surface area contributed by atoms with Crippen molar-refractivity contribution in [3.05, 3.63) is 0 Å². The van der Waals surface area contributed by atoms with Gasteiger partial charge in [-0.2, -0.15) is 0 Å². The van der Waals surface area contributed by atoms with Gasteiger partial charge in [0.2, 0.25) is 0 Å². The quantitative estimate of drug-likeness (QED) is 0.733. The van der Waals surface area contributed by atoms with Gasteiger partial charge in [-0.3, -0.25) is 9.59 Å². The molecule has 132 valence electrons. The molecule has 2 saturated carbocycles. The van der Waals surface area contributed by atoms with Crippen LogP contribution in [0.4, 0.5) is 0 Å². The summed E-state index contributed by atoms with van der Waals surface area (Å²) in [4.78, 5) is 23.7. The van der Waals surface area contributed by atoms with Gasteiger partial charge in [0.15, 0.2) is 0 Å². The largest absolute Gasteiger partial charge is 0.469 e. The Bertz CT molecular complexity index is 484. The zero-order valence-electron chi connectivity index (χ0n) is 15.5. The molecule has 2 aliphatic rings. The summed E-state index contributed by atoms with van der Waals surface area (Å²) in [7, 11) is 1.43. The standard InChI is InChI=1S/C19H32O4/c1-13(20)23-19(5)11-8-14-17(2,3)9-7-10-18(14,4)15(19)12-16(21)22-6/h14-15H,7-12H2,1-6H3. The second-order valence-electron chi connectivity index (χ2n) is 8.68. The number of fused-ring (bicyclic) bond motifs is 1. The number of ether oxygens (including phenoxy) is 2. The minimum atomic E-state index is -0.585. The van der Waals surface area contributed by atoms with Crippen LogP contribution in [0.5, 0.6) is 0 Å². The van der Waals surface area contributed by atoms with Crippen LogP contribution >= 0.6 is 0 Å². The summed E-state index contributed by atoms with van der Waals surface area (Å²) in [5.74, 6) is 0.0739. The fourth-order valence-electron chi connectivity index (χ4n) is 5.76. The van der Waals surface area contributed by atoms with E-state index < -0.39 is 5.60 Å². The fraction of sp³-hybridized carbons (Fsp3) is 0.895. The van der Waals surface area contributed by atoms with Crippen LogP contribution in [0.15, 0.2) is 0 Å². The van der Waals surface area contributed by atoms with Gasteiger partial charge in [-0.1, -0.05) is 27.2 Å². The van der Waals surface area contributed by atoms with Crippen molar-refractivity contribution in [2.24, 2.45) is 22.7 Å². The van der Waals surface area contributed by atoms with E-state index in [4.69, 9.17) is 9.47 Å². The SMILES string of the molecule is COC(=O)CC1C(C)(OC(C)=O)CCC2C(C)(C)CCCC21C. The van der Waals surface area contributed by atoms with E-state index in [1.807, 2.05) is 6.92 Å². The molecule has 0 aromatic rings. The molecule has 2 aliphatic carbocycles. The molecule has 4 unspecified atom stereocenters. The lowest BCUT2D eigenvalue weighted by molar-refractivity contribution is -0.202. The molecule has 0 spiro atoms. The number of hydrogen-bond donors (Lipinski definition) is 0. The van der Waals surface area contributed by atoms with Crippen molar-refractivity contribution in [2.75, 3.05) is 7.11 Å². The summed E-state index contributed by atoms with van der Waals surface area (Å²) in [6, 6.07) is 0. The lowest BCUT2D eigenvalue weighted by atomic mass is 9.45. The van der Waals surface area contributed by atoms with Gasteiger partial charge >= 0.3 is 11.9 Å².